The Balaban J connectivity index is 1.37. The molecular weight excluding hydrogens is 558 g/mol. The lowest BCUT2D eigenvalue weighted by Crippen LogP contribution is -2.54. The number of rotatable bonds is 13. The van der Waals surface area contributed by atoms with E-state index in [0.29, 0.717) is 57.1 Å². The fraction of sp³-hybridized carbons (Fsp3) is 0.606. The Morgan fingerprint density at radius 1 is 0.886 bits per heavy atom. The molecule has 0 bridgehead atoms. The van der Waals surface area contributed by atoms with Gasteiger partial charge in [0.1, 0.15) is 17.8 Å². The Bertz CT molecular complexity index is 1250. The third-order valence-corrected chi connectivity index (χ3v) is 8.86. The Morgan fingerprint density at radius 3 is 2.23 bits per heavy atom. The third-order valence-electron chi connectivity index (χ3n) is 8.86. The van der Waals surface area contributed by atoms with Crippen LogP contribution in [0.15, 0.2) is 36.5 Å². The quantitative estimate of drug-likeness (QED) is 0.321. The van der Waals surface area contributed by atoms with Crippen LogP contribution in [0.1, 0.15) is 80.4 Å². The molecule has 1 aromatic heterocycles. The molecule has 1 aliphatic heterocycles. The minimum atomic E-state index is -0.631. The molecule has 0 unspecified atom stereocenters. The number of benzene rings is 1. The van der Waals surface area contributed by atoms with E-state index in [-0.39, 0.29) is 23.6 Å². The summed E-state index contributed by atoms with van der Waals surface area (Å²) >= 11 is 0. The molecule has 2 fully saturated rings. The molecule has 240 valence electrons. The van der Waals surface area contributed by atoms with Crippen LogP contribution < -0.4 is 16.0 Å². The number of carbonyl (C=O) groups is 4. The molecule has 3 N–H and O–H groups in total. The normalized spacial score (nSPS) is 17.5. The van der Waals surface area contributed by atoms with E-state index in [1.54, 1.807) is 23.9 Å². The molecule has 2 aromatic rings. The molecule has 1 aromatic carbocycles. The Kier molecular flexibility index (Phi) is 12.3. The monoisotopic (exact) mass is 607 g/mol. The van der Waals surface area contributed by atoms with Gasteiger partial charge < -0.3 is 25.8 Å². The minimum absolute atomic E-state index is 0.0516. The molecule has 11 heteroatoms. The molecule has 4 amide bonds. The van der Waals surface area contributed by atoms with E-state index in [1.807, 2.05) is 43.1 Å². The second-order valence-corrected chi connectivity index (χ2v) is 12.1. The van der Waals surface area contributed by atoms with Gasteiger partial charge in [0, 0.05) is 58.3 Å². The van der Waals surface area contributed by atoms with E-state index >= 15 is 0 Å². The van der Waals surface area contributed by atoms with Crippen LogP contribution in [0.25, 0.3) is 0 Å². The summed E-state index contributed by atoms with van der Waals surface area (Å²) in [6.45, 7) is 7.52. The third kappa shape index (κ3) is 9.38. The first kappa shape index (κ1) is 33.2. The van der Waals surface area contributed by atoms with Gasteiger partial charge in [0.05, 0.1) is 0 Å². The standard InChI is InChI=1S/C33H49N7O4/c1-4-30(41)36-28(33(44)39-19-17-38(3)18-20-39)22-25-11-13-26(14-12-25)23-34-31(42)27(21-24-9-7-6-8-10-24)37-32(43)29-15-16-35-40(29)5-2/h11-16,24,27-28H,4-10,17-23H2,1-3H3,(H,34,42)(H,36,41)(H,37,43)/t27-,28+/m0/s1. The van der Waals surface area contributed by atoms with Crippen molar-refractivity contribution >= 4 is 23.6 Å². The number of nitrogens with one attached hydrogen (secondary N) is 3. The van der Waals surface area contributed by atoms with Crippen molar-refractivity contribution in [3.8, 4) is 0 Å². The van der Waals surface area contributed by atoms with Crippen LogP contribution in [0.4, 0.5) is 0 Å². The summed E-state index contributed by atoms with van der Waals surface area (Å²) in [7, 11) is 2.04. The first-order valence-electron chi connectivity index (χ1n) is 16.2. The van der Waals surface area contributed by atoms with Crippen molar-refractivity contribution in [2.45, 2.75) is 90.4 Å². The van der Waals surface area contributed by atoms with Gasteiger partial charge in [-0.2, -0.15) is 5.10 Å². The van der Waals surface area contributed by atoms with Crippen LogP contribution in [0, 0.1) is 5.92 Å². The zero-order valence-electron chi connectivity index (χ0n) is 26.5. The maximum Gasteiger partial charge on any atom is 0.270 e. The number of amides is 4. The van der Waals surface area contributed by atoms with E-state index in [1.165, 1.54) is 6.42 Å². The Morgan fingerprint density at radius 2 is 1.57 bits per heavy atom. The van der Waals surface area contributed by atoms with Gasteiger partial charge in [0.15, 0.2) is 0 Å². The number of carbonyl (C=O) groups excluding carboxylic acids is 4. The van der Waals surface area contributed by atoms with Crippen LogP contribution in [0.3, 0.4) is 0 Å². The number of nitrogens with zero attached hydrogens (tertiary/aromatic N) is 4. The zero-order chi connectivity index (χ0) is 31.5. The highest BCUT2D eigenvalue weighted by molar-refractivity contribution is 5.96. The lowest BCUT2D eigenvalue weighted by atomic mass is 9.84. The summed E-state index contributed by atoms with van der Waals surface area (Å²) in [6.07, 6.45) is 8.61. The van der Waals surface area contributed by atoms with Crippen molar-refractivity contribution in [3.63, 3.8) is 0 Å². The molecule has 1 saturated carbocycles. The second kappa shape index (κ2) is 16.4. The number of aryl methyl sites for hydroxylation is 1. The van der Waals surface area contributed by atoms with Crippen molar-refractivity contribution < 1.29 is 19.2 Å². The maximum absolute atomic E-state index is 13.4. The minimum Gasteiger partial charge on any atom is -0.350 e. The van der Waals surface area contributed by atoms with E-state index in [4.69, 9.17) is 0 Å². The van der Waals surface area contributed by atoms with E-state index in [9.17, 15) is 19.2 Å². The van der Waals surface area contributed by atoms with Crippen LogP contribution in [-0.4, -0.2) is 88.5 Å². The summed E-state index contributed by atoms with van der Waals surface area (Å²) in [5, 5.41) is 13.1. The number of hydrogen-bond donors (Lipinski definition) is 3. The first-order valence-corrected chi connectivity index (χ1v) is 16.2. The molecule has 2 aliphatic rings. The zero-order valence-corrected chi connectivity index (χ0v) is 26.5. The van der Waals surface area contributed by atoms with Crippen molar-refractivity contribution in [1.82, 2.24) is 35.5 Å². The Labute approximate surface area is 261 Å². The fourth-order valence-electron chi connectivity index (χ4n) is 6.08. The van der Waals surface area contributed by atoms with E-state index < -0.39 is 12.1 Å². The van der Waals surface area contributed by atoms with Gasteiger partial charge >= 0.3 is 0 Å². The van der Waals surface area contributed by atoms with Crippen LogP contribution >= 0.6 is 0 Å². The molecule has 4 rings (SSSR count). The van der Waals surface area contributed by atoms with E-state index in [0.717, 1.165) is 49.9 Å². The van der Waals surface area contributed by atoms with Crippen LogP contribution in [-0.2, 0) is 33.9 Å². The molecule has 2 atom stereocenters. The Hall–Kier alpha value is -3.73. The molecule has 1 aliphatic carbocycles. The van der Waals surface area contributed by atoms with Gasteiger partial charge in [-0.15, -0.1) is 0 Å². The topological polar surface area (TPSA) is 129 Å². The average molecular weight is 608 g/mol. The van der Waals surface area contributed by atoms with Gasteiger partial charge in [-0.1, -0.05) is 63.3 Å². The average Bonchev–Trinajstić information content (AvgIpc) is 3.53. The van der Waals surface area contributed by atoms with Crippen molar-refractivity contribution in [2.24, 2.45) is 5.92 Å². The van der Waals surface area contributed by atoms with Crippen molar-refractivity contribution in [1.29, 1.82) is 0 Å². The predicted molar refractivity (Wildman–Crippen MR) is 169 cm³/mol. The summed E-state index contributed by atoms with van der Waals surface area (Å²) in [5.74, 6) is -0.281. The molecular formula is C33H49N7O4. The molecule has 11 nitrogen and oxygen atoms in total. The van der Waals surface area contributed by atoms with Gasteiger partial charge in [-0.3, -0.25) is 23.9 Å². The number of aromatic nitrogens is 2. The summed E-state index contributed by atoms with van der Waals surface area (Å²) < 4.78 is 1.63. The van der Waals surface area contributed by atoms with E-state index in [2.05, 4.69) is 25.9 Å². The molecule has 0 radical (unpaired) electrons. The number of hydrogen-bond acceptors (Lipinski definition) is 6. The molecule has 1 saturated heterocycles. The first-order chi connectivity index (χ1) is 21.3. The largest absolute Gasteiger partial charge is 0.350 e. The second-order valence-electron chi connectivity index (χ2n) is 12.1. The summed E-state index contributed by atoms with van der Waals surface area (Å²) in [4.78, 5) is 56.1. The fourth-order valence-corrected chi connectivity index (χ4v) is 6.08. The van der Waals surface area contributed by atoms with Crippen LogP contribution in [0.5, 0.6) is 0 Å². The van der Waals surface area contributed by atoms with Gasteiger partial charge in [-0.25, -0.2) is 0 Å². The number of piperazine rings is 1. The van der Waals surface area contributed by atoms with Gasteiger partial charge in [-0.05, 0) is 43.5 Å². The van der Waals surface area contributed by atoms with Crippen molar-refractivity contribution in [2.75, 3.05) is 33.2 Å². The molecule has 0 spiro atoms. The lowest BCUT2D eigenvalue weighted by molar-refractivity contribution is -0.137. The number of likely N-dealkylation sites (N-methyl/N-ethyl adjacent to an activating group) is 1. The molecule has 2 heterocycles. The SMILES string of the molecule is CCC(=O)N[C@H](Cc1ccc(CNC(=O)[C@H](CC2CCCCC2)NC(=O)c2ccnn2CC)cc1)C(=O)N1CCN(C)CC1. The maximum atomic E-state index is 13.4. The summed E-state index contributed by atoms with van der Waals surface area (Å²) in [6, 6.07) is 8.17. The highest BCUT2D eigenvalue weighted by atomic mass is 16.2. The highest BCUT2D eigenvalue weighted by Crippen LogP contribution is 2.27. The molecule has 44 heavy (non-hydrogen) atoms. The smallest absolute Gasteiger partial charge is 0.270 e. The van der Waals surface area contributed by atoms with Crippen molar-refractivity contribution in [3.05, 3.63) is 53.3 Å². The van der Waals surface area contributed by atoms with Gasteiger partial charge in [0.2, 0.25) is 17.7 Å². The van der Waals surface area contributed by atoms with Crippen LogP contribution in [0.2, 0.25) is 0 Å². The summed E-state index contributed by atoms with van der Waals surface area (Å²) in [5.41, 5.74) is 2.29. The lowest BCUT2D eigenvalue weighted by Gasteiger charge is -2.34. The highest BCUT2D eigenvalue weighted by Gasteiger charge is 2.29. The van der Waals surface area contributed by atoms with Gasteiger partial charge in [0.25, 0.3) is 5.91 Å². The predicted octanol–water partition coefficient (Wildman–Crippen LogP) is 2.50.